The number of rotatable bonds is 2. The highest BCUT2D eigenvalue weighted by Crippen LogP contribution is 2.37. The molecular weight excluding hydrogens is 230 g/mol. The number of aliphatic carboxylic acids is 1. The molecule has 1 aromatic heterocycles. The second-order valence-corrected chi connectivity index (χ2v) is 4.45. The number of hydrogen-bond donors (Lipinski definition) is 1. The van der Waals surface area contributed by atoms with E-state index in [9.17, 15) is 9.90 Å². The molecule has 2 unspecified atom stereocenters. The van der Waals surface area contributed by atoms with Gasteiger partial charge < -0.3 is 9.84 Å². The van der Waals surface area contributed by atoms with Crippen molar-refractivity contribution >= 4 is 16.9 Å². The van der Waals surface area contributed by atoms with E-state index in [4.69, 9.17) is 4.74 Å². The van der Waals surface area contributed by atoms with Gasteiger partial charge in [0, 0.05) is 23.8 Å². The number of pyridine rings is 1. The lowest BCUT2D eigenvalue weighted by atomic mass is 9.94. The van der Waals surface area contributed by atoms with E-state index >= 15 is 0 Å². The molecule has 4 nitrogen and oxygen atoms in total. The van der Waals surface area contributed by atoms with Crippen LogP contribution in [0.4, 0.5) is 0 Å². The summed E-state index contributed by atoms with van der Waals surface area (Å²) in [6.07, 6.45) is 1.89. The predicted molar refractivity (Wildman–Crippen MR) is 66.2 cm³/mol. The van der Waals surface area contributed by atoms with Crippen LogP contribution in [0.25, 0.3) is 10.9 Å². The van der Waals surface area contributed by atoms with Gasteiger partial charge in [0.15, 0.2) is 0 Å². The number of aromatic nitrogens is 1. The molecule has 18 heavy (non-hydrogen) atoms. The monoisotopic (exact) mass is 243 g/mol. The van der Waals surface area contributed by atoms with Gasteiger partial charge in [-0.15, -0.1) is 0 Å². The smallest absolute Gasteiger partial charge is 0.309 e. The van der Waals surface area contributed by atoms with Crippen LogP contribution in [0, 0.1) is 5.92 Å². The van der Waals surface area contributed by atoms with Crippen molar-refractivity contribution in [3.63, 3.8) is 0 Å². The fourth-order valence-electron chi connectivity index (χ4n) is 2.51. The summed E-state index contributed by atoms with van der Waals surface area (Å²) in [7, 11) is 0. The van der Waals surface area contributed by atoms with Crippen molar-refractivity contribution in [2.75, 3.05) is 6.61 Å². The summed E-state index contributed by atoms with van der Waals surface area (Å²) < 4.78 is 5.60. The lowest BCUT2D eigenvalue weighted by Crippen LogP contribution is -2.17. The van der Waals surface area contributed by atoms with Crippen LogP contribution in [-0.2, 0) is 9.53 Å². The maximum absolute atomic E-state index is 11.2. The highest BCUT2D eigenvalue weighted by molar-refractivity contribution is 5.83. The molecule has 4 heteroatoms. The first-order chi connectivity index (χ1) is 8.77. The number of ether oxygens (including phenoxy) is 1. The Labute approximate surface area is 104 Å². The van der Waals surface area contributed by atoms with Gasteiger partial charge in [-0.05, 0) is 12.5 Å². The van der Waals surface area contributed by atoms with Crippen molar-refractivity contribution in [2.45, 2.75) is 12.5 Å². The van der Waals surface area contributed by atoms with E-state index in [1.165, 1.54) is 0 Å². The van der Waals surface area contributed by atoms with Crippen molar-refractivity contribution in [3.8, 4) is 0 Å². The number of fused-ring (bicyclic) bond motifs is 1. The zero-order valence-electron chi connectivity index (χ0n) is 9.74. The zero-order chi connectivity index (χ0) is 12.5. The van der Waals surface area contributed by atoms with Crippen molar-refractivity contribution in [2.24, 2.45) is 5.92 Å². The number of nitrogens with zero attached hydrogens (tertiary/aromatic N) is 1. The van der Waals surface area contributed by atoms with E-state index in [2.05, 4.69) is 4.98 Å². The third-order valence-electron chi connectivity index (χ3n) is 3.38. The van der Waals surface area contributed by atoms with Gasteiger partial charge in [-0.3, -0.25) is 9.78 Å². The Morgan fingerprint density at radius 1 is 1.33 bits per heavy atom. The Bertz CT molecular complexity index is 591. The molecular formula is C14H13NO3. The standard InChI is InChI=1S/C14H13NO3/c16-14(17)11-6-8-18-13(11)10-5-1-3-9-4-2-7-15-12(9)10/h1-5,7,11,13H,6,8H2,(H,16,17). The molecule has 0 bridgehead atoms. The average Bonchev–Trinajstić information content (AvgIpc) is 2.87. The van der Waals surface area contributed by atoms with Crippen molar-refractivity contribution < 1.29 is 14.6 Å². The van der Waals surface area contributed by atoms with Gasteiger partial charge in [0.1, 0.15) is 0 Å². The van der Waals surface area contributed by atoms with Crippen LogP contribution >= 0.6 is 0 Å². The van der Waals surface area contributed by atoms with Crippen LogP contribution in [0.2, 0.25) is 0 Å². The highest BCUT2D eigenvalue weighted by Gasteiger charge is 2.36. The van der Waals surface area contributed by atoms with Crippen LogP contribution in [0.1, 0.15) is 18.1 Å². The molecule has 0 aliphatic carbocycles. The second-order valence-electron chi connectivity index (χ2n) is 4.45. The van der Waals surface area contributed by atoms with Gasteiger partial charge in [-0.1, -0.05) is 24.3 Å². The number of carboxylic acid groups (broad SMARTS) is 1. The molecule has 0 amide bonds. The fraction of sp³-hybridized carbons (Fsp3) is 0.286. The molecule has 1 aliphatic rings. The predicted octanol–water partition coefficient (Wildman–Crippen LogP) is 2.40. The van der Waals surface area contributed by atoms with Crippen molar-refractivity contribution in [3.05, 3.63) is 42.1 Å². The van der Waals surface area contributed by atoms with Gasteiger partial charge in [0.2, 0.25) is 0 Å². The molecule has 1 saturated heterocycles. The summed E-state index contributed by atoms with van der Waals surface area (Å²) in [4.78, 5) is 15.6. The van der Waals surface area contributed by atoms with Gasteiger partial charge in [0.05, 0.1) is 17.5 Å². The number of benzene rings is 1. The molecule has 0 saturated carbocycles. The Balaban J connectivity index is 2.11. The van der Waals surface area contributed by atoms with E-state index in [-0.39, 0.29) is 6.10 Å². The Kier molecular flexibility index (Phi) is 2.72. The minimum absolute atomic E-state index is 0.388. The first-order valence-corrected chi connectivity index (χ1v) is 5.95. The second kappa shape index (κ2) is 4.38. The molecule has 0 radical (unpaired) electrons. The third-order valence-corrected chi connectivity index (χ3v) is 3.38. The van der Waals surface area contributed by atoms with E-state index in [0.717, 1.165) is 16.5 Å². The first-order valence-electron chi connectivity index (χ1n) is 5.95. The van der Waals surface area contributed by atoms with Crippen LogP contribution in [0.15, 0.2) is 36.5 Å². The van der Waals surface area contributed by atoms with Crippen LogP contribution in [-0.4, -0.2) is 22.7 Å². The SMILES string of the molecule is O=C(O)C1CCOC1c1cccc2cccnc12. The Morgan fingerprint density at radius 3 is 3.00 bits per heavy atom. The van der Waals surface area contributed by atoms with Crippen molar-refractivity contribution in [1.29, 1.82) is 0 Å². The summed E-state index contributed by atoms with van der Waals surface area (Å²) >= 11 is 0. The van der Waals surface area contributed by atoms with Crippen LogP contribution in [0.3, 0.4) is 0 Å². The van der Waals surface area contributed by atoms with Crippen LogP contribution < -0.4 is 0 Å². The largest absolute Gasteiger partial charge is 0.481 e. The number of carbonyl (C=O) groups is 1. The molecule has 1 aromatic carbocycles. The molecule has 3 rings (SSSR count). The fourth-order valence-corrected chi connectivity index (χ4v) is 2.51. The molecule has 0 spiro atoms. The van der Waals surface area contributed by atoms with Crippen molar-refractivity contribution in [1.82, 2.24) is 4.98 Å². The maximum atomic E-state index is 11.2. The molecule has 2 heterocycles. The summed E-state index contributed by atoms with van der Waals surface area (Å²) in [6, 6.07) is 9.63. The Morgan fingerprint density at radius 2 is 2.17 bits per heavy atom. The van der Waals surface area contributed by atoms with E-state index < -0.39 is 11.9 Å². The Hall–Kier alpha value is -1.94. The average molecular weight is 243 g/mol. The van der Waals surface area contributed by atoms with Gasteiger partial charge in [0.25, 0.3) is 0 Å². The van der Waals surface area contributed by atoms with E-state index in [1.54, 1.807) is 6.20 Å². The molecule has 92 valence electrons. The molecule has 2 atom stereocenters. The quantitative estimate of drug-likeness (QED) is 0.879. The molecule has 1 aliphatic heterocycles. The molecule has 2 aromatic rings. The number of hydrogen-bond acceptors (Lipinski definition) is 3. The van der Waals surface area contributed by atoms with Gasteiger partial charge >= 0.3 is 5.97 Å². The lowest BCUT2D eigenvalue weighted by Gasteiger charge is -2.16. The van der Waals surface area contributed by atoms with E-state index in [0.29, 0.717) is 13.0 Å². The topological polar surface area (TPSA) is 59.4 Å². The van der Waals surface area contributed by atoms with E-state index in [1.807, 2.05) is 30.3 Å². The summed E-state index contributed by atoms with van der Waals surface area (Å²) in [5.74, 6) is -1.27. The number of para-hydroxylation sites is 1. The summed E-state index contributed by atoms with van der Waals surface area (Å²) in [5.41, 5.74) is 1.70. The van der Waals surface area contributed by atoms with Gasteiger partial charge in [-0.2, -0.15) is 0 Å². The first kappa shape index (κ1) is 11.2. The summed E-state index contributed by atoms with van der Waals surface area (Å²) in [6.45, 7) is 0.491. The summed E-state index contributed by atoms with van der Waals surface area (Å²) in [5, 5.41) is 10.2. The highest BCUT2D eigenvalue weighted by atomic mass is 16.5. The zero-order valence-corrected chi connectivity index (χ0v) is 9.74. The number of carboxylic acids is 1. The van der Waals surface area contributed by atoms with Crippen LogP contribution in [0.5, 0.6) is 0 Å². The third kappa shape index (κ3) is 1.75. The lowest BCUT2D eigenvalue weighted by molar-refractivity contribution is -0.143. The molecule has 1 fully saturated rings. The molecule has 1 N–H and O–H groups in total. The normalized spacial score (nSPS) is 23.3. The minimum atomic E-state index is -0.801. The minimum Gasteiger partial charge on any atom is -0.481 e. The van der Waals surface area contributed by atoms with Gasteiger partial charge in [-0.25, -0.2) is 0 Å². The maximum Gasteiger partial charge on any atom is 0.309 e.